The predicted octanol–water partition coefficient (Wildman–Crippen LogP) is 17.1. The second-order valence-corrected chi connectivity index (χ2v) is 20.9. The Morgan fingerprint density at radius 3 is 1.70 bits per heavy atom. The monoisotopic (exact) mass is 937 g/mol. The Labute approximate surface area is 426 Å². The quantitative estimate of drug-likeness (QED) is 0.172. The van der Waals surface area contributed by atoms with Gasteiger partial charge < -0.3 is 0 Å². The van der Waals surface area contributed by atoms with Gasteiger partial charge in [0.15, 0.2) is 0 Å². The normalized spacial score (nSPS) is 17.9. The maximum atomic E-state index is 5.57. The topological polar surface area (TPSA) is 46.8 Å². The molecule has 1 aliphatic heterocycles. The van der Waals surface area contributed by atoms with Crippen molar-refractivity contribution in [3.8, 4) is 61.8 Å². The smallest absolute Gasteiger partial charge is 0.138 e. The fourth-order valence-corrected chi connectivity index (χ4v) is 12.3. The second kappa shape index (κ2) is 16.0. The predicted molar refractivity (Wildman–Crippen MR) is 302 cm³/mol. The van der Waals surface area contributed by atoms with Crippen LogP contribution < -0.4 is 4.90 Å². The number of nitrogens with zero attached hydrogens (tertiary/aromatic N) is 5. The lowest BCUT2D eigenvalue weighted by Gasteiger charge is -2.35. The Morgan fingerprint density at radius 1 is 0.466 bits per heavy atom. The summed E-state index contributed by atoms with van der Waals surface area (Å²) in [5, 5.41) is 2.27. The second-order valence-electron chi connectivity index (χ2n) is 20.9. The lowest BCUT2D eigenvalue weighted by molar-refractivity contribution is 0.660. The minimum atomic E-state index is -0.0745. The van der Waals surface area contributed by atoms with Crippen LogP contribution in [0.3, 0.4) is 0 Å². The maximum Gasteiger partial charge on any atom is 0.138 e. The number of rotatable bonds is 5. The Hall–Kier alpha value is -8.93. The molecule has 0 unspecified atom stereocenters. The fraction of sp³-hybridized carbons (Fsp3) is 0.103. The molecular weight excluding hydrogens is 887 g/mol. The highest BCUT2D eigenvalue weighted by atomic mass is 15.2. The first-order valence-corrected chi connectivity index (χ1v) is 25.3. The summed E-state index contributed by atoms with van der Waals surface area (Å²) in [6, 6.07) is 61.9. The Bertz CT molecular complexity index is 4140. The van der Waals surface area contributed by atoms with E-state index in [2.05, 4.69) is 244 Å². The molecule has 0 amide bonds. The van der Waals surface area contributed by atoms with Crippen LogP contribution in [0.1, 0.15) is 61.9 Å². The van der Waals surface area contributed by atoms with Crippen LogP contribution in [-0.2, 0) is 10.8 Å². The van der Waals surface area contributed by atoms with Crippen molar-refractivity contribution in [2.45, 2.75) is 44.9 Å². The van der Waals surface area contributed by atoms with E-state index < -0.39 is 0 Å². The van der Waals surface area contributed by atoms with E-state index in [-0.39, 0.29) is 10.8 Å². The number of anilines is 2. The minimum absolute atomic E-state index is 0.0741. The number of allylic oxidation sites excluding steroid dienone is 8. The molecule has 3 aliphatic carbocycles. The van der Waals surface area contributed by atoms with Crippen molar-refractivity contribution in [2.24, 2.45) is 0 Å². The van der Waals surface area contributed by atoms with Crippen molar-refractivity contribution >= 4 is 38.9 Å². The van der Waals surface area contributed by atoms with Gasteiger partial charge in [0, 0.05) is 62.2 Å². The van der Waals surface area contributed by atoms with Gasteiger partial charge in [-0.25, -0.2) is 9.97 Å². The van der Waals surface area contributed by atoms with Gasteiger partial charge in [0.05, 0.1) is 33.8 Å². The highest BCUT2D eigenvalue weighted by Crippen LogP contribution is 2.52. The molecule has 6 aromatic carbocycles. The van der Waals surface area contributed by atoms with Gasteiger partial charge in [0.2, 0.25) is 0 Å². The summed E-state index contributed by atoms with van der Waals surface area (Å²) in [5.74, 6) is 1.70. The molecule has 0 N–H and O–H groups in total. The Morgan fingerprint density at radius 2 is 1.03 bits per heavy atom. The third-order valence-electron chi connectivity index (χ3n) is 16.0. The zero-order valence-corrected chi connectivity index (χ0v) is 41.4. The van der Waals surface area contributed by atoms with Gasteiger partial charge in [-0.05, 0) is 135 Å². The van der Waals surface area contributed by atoms with Gasteiger partial charge >= 0.3 is 0 Å². The molecule has 2 bridgehead atoms. The number of hydrogen-bond donors (Lipinski definition) is 0. The number of pyridine rings is 3. The third-order valence-corrected chi connectivity index (χ3v) is 16.0. The van der Waals surface area contributed by atoms with Crippen LogP contribution in [0.25, 0.3) is 89.2 Å². The standard InChI is InChI=1S/C68H51N5/c1-42-16-12-18-43-36-47(19-13-17-42)72(65-27-14-25-60(70-65)45-29-32-57-51(37-45)48-20-6-8-22-55(48)67(57,2)3)63-41-64-54(40-50(43)63)53-39-44(59-24-10-11-35-69-59)31-34-62(53)73(64)66-28-15-26-61(71-66)46-30-33-58-52(38-46)49-21-7-9-23-56(49)68(58,4)5/h6-35,37-41H,1,36H2,2-5H3/b16-12-,17-13-,43-18+,47-19+. The van der Waals surface area contributed by atoms with Crippen molar-refractivity contribution < 1.29 is 0 Å². The largest absolute Gasteiger partial charge is 0.298 e. The van der Waals surface area contributed by atoms with Crippen LogP contribution in [-0.4, -0.2) is 19.5 Å². The lowest BCUT2D eigenvalue weighted by atomic mass is 9.82. The maximum absolute atomic E-state index is 5.57. The molecule has 73 heavy (non-hydrogen) atoms. The number of benzene rings is 6. The third kappa shape index (κ3) is 6.65. The lowest BCUT2D eigenvalue weighted by Crippen LogP contribution is -2.23. The molecule has 5 nitrogen and oxygen atoms in total. The van der Waals surface area contributed by atoms with E-state index in [0.29, 0.717) is 6.42 Å². The van der Waals surface area contributed by atoms with Gasteiger partial charge in [-0.1, -0.05) is 162 Å². The number of fused-ring (bicyclic) bond motifs is 13. The van der Waals surface area contributed by atoms with E-state index in [1.807, 2.05) is 12.3 Å². The molecule has 0 saturated heterocycles. The van der Waals surface area contributed by atoms with Crippen LogP contribution in [0.2, 0.25) is 0 Å². The van der Waals surface area contributed by atoms with E-state index in [9.17, 15) is 0 Å². The molecule has 0 fully saturated rings. The Kier molecular flexibility index (Phi) is 9.43. The van der Waals surface area contributed by atoms with Crippen LogP contribution in [0, 0.1) is 0 Å². The van der Waals surface area contributed by atoms with Gasteiger partial charge in [-0.15, -0.1) is 0 Å². The highest BCUT2D eigenvalue weighted by molar-refractivity contribution is 6.13. The van der Waals surface area contributed by atoms with E-state index in [0.717, 1.165) is 89.7 Å². The minimum Gasteiger partial charge on any atom is -0.298 e. The summed E-state index contributed by atoms with van der Waals surface area (Å²) in [4.78, 5) is 18.3. The van der Waals surface area contributed by atoms with Crippen LogP contribution in [0.4, 0.5) is 11.5 Å². The summed E-state index contributed by atoms with van der Waals surface area (Å²) in [6.45, 7) is 13.6. The van der Waals surface area contributed by atoms with Crippen molar-refractivity contribution in [2.75, 3.05) is 4.90 Å². The molecule has 5 heterocycles. The SMILES string of the molecule is C=C1/C=C\C=C2/C/C(=C\C=C/1)N(c1cccc(-c3ccc4c(c3)-c3ccccc3C4(C)C)n1)c1cc3c(cc12)c1cc(-c2ccccn2)ccc1n3-c1cccc(-c2ccc3c(c2)-c2ccccc2C3(C)C)n1. The molecule has 348 valence electrons. The number of hydrogen-bond acceptors (Lipinski definition) is 4. The average molecular weight is 938 g/mol. The highest BCUT2D eigenvalue weighted by Gasteiger charge is 2.37. The van der Waals surface area contributed by atoms with Crippen LogP contribution in [0.5, 0.6) is 0 Å². The van der Waals surface area contributed by atoms with E-state index in [1.54, 1.807) is 0 Å². The summed E-state index contributed by atoms with van der Waals surface area (Å²) in [6.07, 6.45) is 15.5. The first-order valence-electron chi connectivity index (χ1n) is 25.3. The van der Waals surface area contributed by atoms with Gasteiger partial charge in [0.1, 0.15) is 11.6 Å². The van der Waals surface area contributed by atoms with Gasteiger partial charge in [0.25, 0.3) is 0 Å². The van der Waals surface area contributed by atoms with Crippen molar-refractivity contribution in [1.82, 2.24) is 19.5 Å². The van der Waals surface area contributed by atoms with Crippen LogP contribution in [0.15, 0.2) is 230 Å². The summed E-state index contributed by atoms with van der Waals surface area (Å²) < 4.78 is 2.35. The average Bonchev–Trinajstić information content (AvgIpc) is 3.96. The molecule has 4 aromatic heterocycles. The Balaban J connectivity index is 0.978. The zero-order valence-electron chi connectivity index (χ0n) is 41.4. The summed E-state index contributed by atoms with van der Waals surface area (Å²) >= 11 is 0. The van der Waals surface area contributed by atoms with E-state index in [4.69, 9.17) is 15.0 Å². The molecular formula is C68H51N5. The van der Waals surface area contributed by atoms with E-state index in [1.165, 1.54) is 50.1 Å². The summed E-state index contributed by atoms with van der Waals surface area (Å²) in [7, 11) is 0. The molecule has 0 atom stereocenters. The molecule has 5 heteroatoms. The molecule has 14 rings (SSSR count). The van der Waals surface area contributed by atoms with Crippen molar-refractivity contribution in [1.29, 1.82) is 0 Å². The zero-order chi connectivity index (χ0) is 49.2. The van der Waals surface area contributed by atoms with Gasteiger partial charge in [-0.3, -0.25) is 14.5 Å². The fourth-order valence-electron chi connectivity index (χ4n) is 12.3. The molecule has 4 aliphatic rings. The molecule has 10 aromatic rings. The first-order chi connectivity index (χ1) is 35.6. The number of aromatic nitrogens is 4. The first kappa shape index (κ1) is 42.9. The van der Waals surface area contributed by atoms with Crippen molar-refractivity contribution in [3.05, 3.63) is 258 Å². The van der Waals surface area contributed by atoms with E-state index >= 15 is 0 Å². The van der Waals surface area contributed by atoms with Crippen molar-refractivity contribution in [3.63, 3.8) is 0 Å². The molecule has 0 saturated carbocycles. The van der Waals surface area contributed by atoms with Crippen LogP contribution >= 0.6 is 0 Å². The summed E-state index contributed by atoms with van der Waals surface area (Å²) in [5.41, 5.74) is 24.0. The molecule has 0 spiro atoms. The van der Waals surface area contributed by atoms with Gasteiger partial charge in [-0.2, -0.15) is 0 Å². The molecule has 0 radical (unpaired) electrons.